The number of benzene rings is 3. The number of nitrogens with one attached hydrogen (secondary N) is 1. The third-order valence-corrected chi connectivity index (χ3v) is 6.49. The van der Waals surface area contributed by atoms with Crippen molar-refractivity contribution in [3.63, 3.8) is 0 Å². The summed E-state index contributed by atoms with van der Waals surface area (Å²) in [5, 5.41) is 13.6. The van der Waals surface area contributed by atoms with Gasteiger partial charge in [0.2, 0.25) is 11.0 Å². The van der Waals surface area contributed by atoms with Gasteiger partial charge >= 0.3 is 0 Å². The van der Waals surface area contributed by atoms with E-state index in [-0.39, 0.29) is 0 Å². The first-order chi connectivity index (χ1) is 16.1. The monoisotopic (exact) mass is 475 g/mol. The van der Waals surface area contributed by atoms with Crippen LogP contribution >= 0.6 is 23.4 Å². The summed E-state index contributed by atoms with van der Waals surface area (Å²) in [4.78, 5) is 6.79. The number of aromatic nitrogens is 3. The quantitative estimate of drug-likeness (QED) is 0.352. The molecule has 0 amide bonds. The summed E-state index contributed by atoms with van der Waals surface area (Å²) < 4.78 is 6.37. The molecule has 0 aliphatic carbocycles. The molecule has 0 bridgehead atoms. The lowest BCUT2D eigenvalue weighted by atomic mass is 10.1. The molecule has 0 fully saturated rings. The van der Waals surface area contributed by atoms with Crippen molar-refractivity contribution in [2.45, 2.75) is 17.1 Å². The summed E-state index contributed by atoms with van der Waals surface area (Å²) >= 11 is 7.50. The van der Waals surface area contributed by atoms with E-state index in [1.165, 1.54) is 11.8 Å². The van der Waals surface area contributed by atoms with Gasteiger partial charge in [-0.15, -0.1) is 10.2 Å². The number of hydrogen-bond acceptors (Lipinski definition) is 7. The Bertz CT molecular complexity index is 1260. The minimum Gasteiger partial charge on any atom is -0.448 e. The van der Waals surface area contributed by atoms with E-state index in [1.807, 2.05) is 62.6 Å². The van der Waals surface area contributed by atoms with Crippen LogP contribution in [0.5, 0.6) is 5.88 Å². The lowest BCUT2D eigenvalue weighted by Crippen LogP contribution is -2.17. The van der Waals surface area contributed by atoms with Gasteiger partial charge in [0, 0.05) is 47.4 Å². The van der Waals surface area contributed by atoms with Crippen LogP contribution in [0, 0.1) is 0 Å². The van der Waals surface area contributed by atoms with Crippen molar-refractivity contribution in [2.75, 3.05) is 24.3 Å². The van der Waals surface area contributed by atoms with Crippen molar-refractivity contribution < 1.29 is 4.74 Å². The molecule has 0 saturated carbocycles. The molecule has 2 heterocycles. The second-order valence-corrected chi connectivity index (χ2v) is 9.22. The van der Waals surface area contributed by atoms with Crippen LogP contribution in [0.15, 0.2) is 78.0 Å². The van der Waals surface area contributed by atoms with E-state index >= 15 is 0 Å². The Morgan fingerprint density at radius 3 is 2.48 bits per heavy atom. The lowest BCUT2D eigenvalue weighted by molar-refractivity contribution is 0.225. The Morgan fingerprint density at radius 1 is 0.970 bits per heavy atom. The molecular formula is C25H22ClN5OS. The highest BCUT2D eigenvalue weighted by Gasteiger charge is 2.26. The van der Waals surface area contributed by atoms with Gasteiger partial charge in [-0.3, -0.25) is 0 Å². The van der Waals surface area contributed by atoms with E-state index < -0.39 is 6.23 Å². The second kappa shape index (κ2) is 9.29. The number of ether oxygens (including phenoxy) is 1. The SMILES string of the molecule is CN(C)c1ccc([C@H]2Nc3ccccc3-c3nnc(SCc4ccc(Cl)cc4)nc3O2)cc1. The Morgan fingerprint density at radius 2 is 1.73 bits per heavy atom. The standard InChI is InChI=1S/C25H22ClN5OS/c1-31(2)19-13-9-17(10-14-19)23-27-21-6-4-3-5-20(21)22-24(32-23)28-25(30-29-22)33-15-16-7-11-18(26)12-8-16/h3-14,23,27H,15H2,1-2H3/t23-/m0/s1. The van der Waals surface area contributed by atoms with Crippen LogP contribution in [0.3, 0.4) is 0 Å². The maximum Gasteiger partial charge on any atom is 0.247 e. The topological polar surface area (TPSA) is 63.2 Å². The molecule has 3 aromatic carbocycles. The normalized spacial score (nSPS) is 14.3. The first kappa shape index (κ1) is 21.6. The number of para-hydroxylation sites is 1. The zero-order chi connectivity index (χ0) is 22.8. The van der Waals surface area contributed by atoms with E-state index in [1.54, 1.807) is 0 Å². The predicted molar refractivity (Wildman–Crippen MR) is 134 cm³/mol. The van der Waals surface area contributed by atoms with Crippen LogP contribution in [-0.4, -0.2) is 29.3 Å². The van der Waals surface area contributed by atoms with E-state index in [0.29, 0.717) is 22.5 Å². The molecule has 166 valence electrons. The average Bonchev–Trinajstić information content (AvgIpc) is 3.00. The van der Waals surface area contributed by atoms with Crippen molar-refractivity contribution in [3.05, 3.63) is 88.9 Å². The second-order valence-electron chi connectivity index (χ2n) is 7.84. The molecule has 1 N–H and O–H groups in total. The average molecular weight is 476 g/mol. The molecule has 8 heteroatoms. The Balaban J connectivity index is 1.46. The van der Waals surface area contributed by atoms with Gasteiger partial charge in [-0.05, 0) is 35.9 Å². The van der Waals surface area contributed by atoms with Gasteiger partial charge in [-0.2, -0.15) is 4.98 Å². The lowest BCUT2D eigenvalue weighted by Gasteiger charge is -2.20. The maximum absolute atomic E-state index is 6.37. The van der Waals surface area contributed by atoms with Gasteiger partial charge < -0.3 is 15.0 Å². The maximum atomic E-state index is 6.37. The fourth-order valence-corrected chi connectivity index (χ4v) is 4.40. The number of anilines is 2. The van der Waals surface area contributed by atoms with Gasteiger partial charge in [-0.25, -0.2) is 0 Å². The number of hydrogen-bond donors (Lipinski definition) is 1. The number of fused-ring (bicyclic) bond motifs is 3. The molecule has 0 spiro atoms. The molecular weight excluding hydrogens is 454 g/mol. The highest BCUT2D eigenvalue weighted by molar-refractivity contribution is 7.98. The van der Waals surface area contributed by atoms with Gasteiger partial charge in [0.05, 0.1) is 0 Å². The Hall–Kier alpha value is -3.29. The van der Waals surface area contributed by atoms with E-state index in [4.69, 9.17) is 21.3 Å². The third-order valence-electron chi connectivity index (χ3n) is 5.33. The van der Waals surface area contributed by atoms with Crippen LogP contribution in [0.1, 0.15) is 17.4 Å². The number of rotatable bonds is 5. The zero-order valence-corrected chi connectivity index (χ0v) is 19.8. The largest absolute Gasteiger partial charge is 0.448 e. The molecule has 6 nitrogen and oxygen atoms in total. The molecule has 33 heavy (non-hydrogen) atoms. The summed E-state index contributed by atoms with van der Waals surface area (Å²) in [7, 11) is 4.04. The highest BCUT2D eigenvalue weighted by atomic mass is 35.5. The van der Waals surface area contributed by atoms with E-state index in [9.17, 15) is 0 Å². The summed E-state index contributed by atoms with van der Waals surface area (Å²) in [5.41, 5.74) is 5.72. The number of nitrogens with zero attached hydrogens (tertiary/aromatic N) is 4. The smallest absolute Gasteiger partial charge is 0.247 e. The van der Waals surface area contributed by atoms with Gasteiger partial charge in [-0.1, -0.05) is 65.8 Å². The Labute approximate surface area is 202 Å². The zero-order valence-electron chi connectivity index (χ0n) is 18.2. The molecule has 1 aliphatic rings. The summed E-state index contributed by atoms with van der Waals surface area (Å²) in [6.45, 7) is 0. The highest BCUT2D eigenvalue weighted by Crippen LogP contribution is 2.39. The third kappa shape index (κ3) is 4.74. The van der Waals surface area contributed by atoms with Crippen molar-refractivity contribution in [2.24, 2.45) is 0 Å². The van der Waals surface area contributed by atoms with Crippen LogP contribution in [0.4, 0.5) is 11.4 Å². The van der Waals surface area contributed by atoms with E-state index in [0.717, 1.165) is 33.1 Å². The fraction of sp³-hybridized carbons (Fsp3) is 0.160. The molecule has 4 aromatic rings. The first-order valence-corrected chi connectivity index (χ1v) is 11.8. The minimum absolute atomic E-state index is 0.408. The van der Waals surface area contributed by atoms with Gasteiger partial charge in [0.1, 0.15) is 0 Å². The summed E-state index contributed by atoms with van der Waals surface area (Å²) in [5.74, 6) is 1.17. The predicted octanol–water partition coefficient (Wildman–Crippen LogP) is 6.05. The molecule has 5 rings (SSSR count). The molecule has 0 saturated heterocycles. The van der Waals surface area contributed by atoms with Crippen molar-refractivity contribution in [1.82, 2.24) is 15.2 Å². The molecule has 0 radical (unpaired) electrons. The summed E-state index contributed by atoms with van der Waals surface area (Å²) in [6.07, 6.45) is -0.408. The molecule has 1 aromatic heterocycles. The van der Waals surface area contributed by atoms with Gasteiger partial charge in [0.25, 0.3) is 0 Å². The number of halogens is 1. The number of thioether (sulfide) groups is 1. The van der Waals surface area contributed by atoms with Crippen LogP contribution in [0.25, 0.3) is 11.3 Å². The van der Waals surface area contributed by atoms with Crippen molar-refractivity contribution in [3.8, 4) is 17.1 Å². The van der Waals surface area contributed by atoms with Crippen molar-refractivity contribution in [1.29, 1.82) is 0 Å². The van der Waals surface area contributed by atoms with Crippen LogP contribution < -0.4 is 15.0 Å². The first-order valence-electron chi connectivity index (χ1n) is 10.5. The van der Waals surface area contributed by atoms with Crippen molar-refractivity contribution >= 4 is 34.7 Å². The van der Waals surface area contributed by atoms with Crippen LogP contribution in [-0.2, 0) is 5.75 Å². The minimum atomic E-state index is -0.408. The molecule has 1 atom stereocenters. The Kier molecular flexibility index (Phi) is 6.07. The summed E-state index contributed by atoms with van der Waals surface area (Å²) in [6, 6.07) is 24.0. The molecule has 0 unspecified atom stereocenters. The fourth-order valence-electron chi connectivity index (χ4n) is 3.54. The van der Waals surface area contributed by atoms with Gasteiger partial charge in [0.15, 0.2) is 11.9 Å². The molecule has 1 aliphatic heterocycles. The van der Waals surface area contributed by atoms with E-state index in [2.05, 4.69) is 44.7 Å². The van der Waals surface area contributed by atoms with Crippen LogP contribution in [0.2, 0.25) is 5.02 Å².